The van der Waals surface area contributed by atoms with Crippen molar-refractivity contribution in [1.29, 1.82) is 0 Å². The highest BCUT2D eigenvalue weighted by Crippen LogP contribution is 2.49. The molecule has 2 heterocycles. The van der Waals surface area contributed by atoms with Gasteiger partial charge in [-0.2, -0.15) is 13.2 Å². The lowest BCUT2D eigenvalue weighted by atomic mass is 9.95. The van der Waals surface area contributed by atoms with E-state index in [-0.39, 0.29) is 42.5 Å². The van der Waals surface area contributed by atoms with E-state index in [9.17, 15) is 31.5 Å². The second-order valence-electron chi connectivity index (χ2n) is 7.31. The van der Waals surface area contributed by atoms with E-state index in [1.807, 2.05) is 5.32 Å². The number of aromatic amines is 1. The Morgan fingerprint density at radius 3 is 2.45 bits per heavy atom. The molecule has 2 aromatic rings. The quantitative estimate of drug-likeness (QED) is 0.738. The molecule has 6 nitrogen and oxygen atoms in total. The number of hydrogen-bond acceptors (Lipinski definition) is 3. The van der Waals surface area contributed by atoms with E-state index in [4.69, 9.17) is 4.74 Å². The molecule has 1 atom stereocenters. The van der Waals surface area contributed by atoms with Crippen molar-refractivity contribution in [3.63, 3.8) is 0 Å². The number of hydrogen-bond donors (Lipinski definition) is 2. The lowest BCUT2D eigenvalue weighted by Crippen LogP contribution is -2.53. The van der Waals surface area contributed by atoms with Gasteiger partial charge in [-0.25, -0.2) is 13.6 Å². The summed E-state index contributed by atoms with van der Waals surface area (Å²) in [7, 11) is 1.28. The van der Waals surface area contributed by atoms with Gasteiger partial charge in [-0.3, -0.25) is 4.79 Å². The molecule has 1 fully saturated rings. The summed E-state index contributed by atoms with van der Waals surface area (Å²) in [4.78, 5) is 28.3. The summed E-state index contributed by atoms with van der Waals surface area (Å²) >= 11 is 0. The molecule has 2 N–H and O–H groups in total. The number of aromatic nitrogens is 1. The Bertz CT molecular complexity index is 1060. The number of nitrogens with one attached hydrogen (secondary N) is 2. The fourth-order valence-corrected chi connectivity index (χ4v) is 3.59. The first kappa shape index (κ1) is 19.6. The Kier molecular flexibility index (Phi) is 4.34. The first-order chi connectivity index (χ1) is 13.5. The van der Waals surface area contributed by atoms with Gasteiger partial charge in [-0.1, -0.05) is 0 Å². The van der Waals surface area contributed by atoms with E-state index in [1.165, 1.54) is 7.05 Å². The van der Waals surface area contributed by atoms with Crippen LogP contribution in [0.15, 0.2) is 16.9 Å². The number of ether oxygens (including phenoxy) is 1. The van der Waals surface area contributed by atoms with E-state index in [2.05, 4.69) is 4.98 Å². The van der Waals surface area contributed by atoms with Crippen LogP contribution < -0.4 is 10.9 Å². The van der Waals surface area contributed by atoms with Gasteiger partial charge in [-0.15, -0.1) is 0 Å². The molecule has 0 unspecified atom stereocenters. The van der Waals surface area contributed by atoms with E-state index in [0.29, 0.717) is 5.56 Å². The highest BCUT2D eigenvalue weighted by atomic mass is 19.4. The van der Waals surface area contributed by atoms with Crippen LogP contribution in [0.5, 0.6) is 0 Å². The van der Waals surface area contributed by atoms with Crippen LogP contribution in [-0.4, -0.2) is 41.3 Å². The summed E-state index contributed by atoms with van der Waals surface area (Å²) < 4.78 is 72.3. The van der Waals surface area contributed by atoms with Crippen molar-refractivity contribution in [2.75, 3.05) is 13.7 Å². The first-order valence-electron chi connectivity index (χ1n) is 8.77. The normalized spacial score (nSPS) is 20.3. The summed E-state index contributed by atoms with van der Waals surface area (Å²) in [6, 6.07) is -0.296. The molecular formula is C18H16F5N3O3. The van der Waals surface area contributed by atoms with Gasteiger partial charge in [0.25, 0.3) is 5.56 Å². The van der Waals surface area contributed by atoms with Crippen molar-refractivity contribution >= 4 is 16.8 Å². The van der Waals surface area contributed by atoms with E-state index in [0.717, 1.165) is 17.0 Å². The molecule has 1 saturated carbocycles. The molecule has 0 radical (unpaired) electrons. The van der Waals surface area contributed by atoms with Crippen molar-refractivity contribution in [2.24, 2.45) is 0 Å². The number of pyridine rings is 1. The van der Waals surface area contributed by atoms with Crippen LogP contribution in [0.4, 0.5) is 26.7 Å². The number of fused-ring (bicyclic) bond motifs is 3. The van der Waals surface area contributed by atoms with E-state index < -0.39 is 41.0 Å². The number of carbonyl (C=O) groups excluding carboxylic acids is 1. The fourth-order valence-electron chi connectivity index (χ4n) is 3.59. The molecule has 1 aliphatic heterocycles. The lowest BCUT2D eigenvalue weighted by molar-refractivity contribution is -0.163. The van der Waals surface area contributed by atoms with Gasteiger partial charge in [0.1, 0.15) is 5.54 Å². The third-order valence-electron chi connectivity index (χ3n) is 5.47. The topological polar surface area (TPSA) is 74.4 Å². The molecule has 0 spiro atoms. The number of benzene rings is 1. The Labute approximate surface area is 160 Å². The second-order valence-corrected chi connectivity index (χ2v) is 7.31. The summed E-state index contributed by atoms with van der Waals surface area (Å²) in [5.41, 5.74) is -2.36. The van der Waals surface area contributed by atoms with Gasteiger partial charge in [0.05, 0.1) is 24.6 Å². The van der Waals surface area contributed by atoms with Gasteiger partial charge in [0.2, 0.25) is 0 Å². The average Bonchev–Trinajstić information content (AvgIpc) is 3.43. The minimum Gasteiger partial charge on any atom is -0.373 e. The van der Waals surface area contributed by atoms with Gasteiger partial charge in [0.15, 0.2) is 11.6 Å². The Balaban J connectivity index is 1.74. The van der Waals surface area contributed by atoms with Crippen LogP contribution in [0.2, 0.25) is 0 Å². The lowest BCUT2D eigenvalue weighted by Gasteiger charge is -2.35. The largest absolute Gasteiger partial charge is 0.411 e. The average molecular weight is 417 g/mol. The van der Waals surface area contributed by atoms with Crippen molar-refractivity contribution in [3.05, 3.63) is 45.4 Å². The van der Waals surface area contributed by atoms with Crippen LogP contribution in [0.1, 0.15) is 30.1 Å². The predicted molar refractivity (Wildman–Crippen MR) is 91.2 cm³/mol. The molecular weight excluding hydrogens is 401 g/mol. The number of amides is 2. The molecule has 1 aromatic carbocycles. The molecule has 1 aromatic heterocycles. The molecule has 156 valence electrons. The number of alkyl halides is 3. The molecule has 11 heteroatoms. The number of nitrogens with zero attached hydrogens (tertiary/aromatic N) is 1. The van der Waals surface area contributed by atoms with E-state index >= 15 is 0 Å². The fraction of sp³-hybridized carbons (Fsp3) is 0.444. The monoisotopic (exact) mass is 417 g/mol. The number of halogens is 5. The summed E-state index contributed by atoms with van der Waals surface area (Å²) in [5.74, 6) is -2.39. The van der Waals surface area contributed by atoms with Crippen LogP contribution in [0.25, 0.3) is 10.8 Å². The standard InChI is InChI=1S/C18H16F5N3O3/c1-26(16(28)25-17(2-3-17)18(21,22)23)13-7-29-6-12-14(13)8-4-10(19)11(20)5-9(8)15(27)24-12/h4-5,13H,2-3,6-7H2,1H3,(H,24,27)(H,25,28)/t13-/m0/s1. The molecule has 2 aliphatic rings. The van der Waals surface area contributed by atoms with Crippen molar-refractivity contribution in [2.45, 2.75) is 37.2 Å². The molecule has 0 bridgehead atoms. The van der Waals surface area contributed by atoms with E-state index in [1.54, 1.807) is 0 Å². The maximum absolute atomic E-state index is 13.9. The molecule has 1 aliphatic carbocycles. The Morgan fingerprint density at radius 2 is 1.86 bits per heavy atom. The maximum Gasteiger partial charge on any atom is 0.411 e. The molecule has 2 amide bonds. The van der Waals surface area contributed by atoms with Crippen LogP contribution in [0, 0.1) is 11.6 Å². The summed E-state index contributed by atoms with van der Waals surface area (Å²) in [6.45, 7) is -0.131. The van der Waals surface area contributed by atoms with Gasteiger partial charge in [0, 0.05) is 18.3 Å². The smallest absolute Gasteiger partial charge is 0.373 e. The number of carbonyl (C=O) groups is 1. The summed E-state index contributed by atoms with van der Waals surface area (Å²) in [6.07, 6.45) is -5.01. The zero-order valence-corrected chi connectivity index (χ0v) is 15.1. The zero-order valence-electron chi connectivity index (χ0n) is 15.1. The van der Waals surface area contributed by atoms with Crippen LogP contribution in [0.3, 0.4) is 0 Å². The number of rotatable bonds is 2. The zero-order chi connectivity index (χ0) is 21.1. The SMILES string of the molecule is CN(C(=O)NC1(C(F)(F)F)CC1)[C@H]1COCc2[nH]c(=O)c3cc(F)c(F)cc3c21. The molecule has 0 saturated heterocycles. The van der Waals surface area contributed by atoms with Gasteiger partial charge < -0.3 is 19.9 Å². The predicted octanol–water partition coefficient (Wildman–Crippen LogP) is 3.11. The van der Waals surface area contributed by atoms with Gasteiger partial charge >= 0.3 is 12.2 Å². The van der Waals surface area contributed by atoms with Crippen LogP contribution >= 0.6 is 0 Å². The minimum absolute atomic E-state index is 0.0437. The highest BCUT2D eigenvalue weighted by molar-refractivity contribution is 5.87. The summed E-state index contributed by atoms with van der Waals surface area (Å²) in [5, 5.41) is 1.96. The van der Waals surface area contributed by atoms with Gasteiger partial charge in [-0.05, 0) is 30.4 Å². The van der Waals surface area contributed by atoms with Crippen molar-refractivity contribution in [1.82, 2.24) is 15.2 Å². The third kappa shape index (κ3) is 3.13. The van der Waals surface area contributed by atoms with Crippen molar-refractivity contribution in [3.8, 4) is 0 Å². The molecule has 4 rings (SSSR count). The van der Waals surface area contributed by atoms with Crippen LogP contribution in [-0.2, 0) is 11.3 Å². The minimum atomic E-state index is -4.58. The maximum atomic E-state index is 13.9. The second kappa shape index (κ2) is 6.41. The Hall–Kier alpha value is -2.69. The number of H-pyrrole nitrogens is 1. The van der Waals surface area contributed by atoms with Crippen molar-refractivity contribution < 1.29 is 31.5 Å². The Morgan fingerprint density at radius 1 is 1.24 bits per heavy atom. The first-order valence-corrected chi connectivity index (χ1v) is 8.77. The molecule has 29 heavy (non-hydrogen) atoms. The number of urea groups is 1. The number of likely N-dealkylation sites (N-methyl/N-ethyl adjacent to an activating group) is 1. The highest BCUT2D eigenvalue weighted by Gasteiger charge is 2.64. The third-order valence-corrected chi connectivity index (χ3v) is 5.47.